The van der Waals surface area contributed by atoms with Gasteiger partial charge in [0.1, 0.15) is 0 Å². The number of hydrogen-bond donors (Lipinski definition) is 0. The molecule has 0 amide bonds. The van der Waals surface area contributed by atoms with Gasteiger partial charge in [-0.05, 0) is 24.7 Å². The lowest BCUT2D eigenvalue weighted by Gasteiger charge is -2.12. The summed E-state index contributed by atoms with van der Waals surface area (Å²) in [6.45, 7) is 11.3. The van der Waals surface area contributed by atoms with Crippen LogP contribution in [0.2, 0.25) is 0 Å². The predicted molar refractivity (Wildman–Crippen MR) is 119 cm³/mol. The van der Waals surface area contributed by atoms with E-state index < -0.39 is 0 Å². The maximum atomic E-state index is 5.83. The van der Waals surface area contributed by atoms with Crippen molar-refractivity contribution >= 4 is 0 Å². The van der Waals surface area contributed by atoms with Crippen molar-refractivity contribution in [3.63, 3.8) is 0 Å². The molecule has 1 nitrogen and oxygen atoms in total. The Morgan fingerprint density at radius 1 is 0.500 bits per heavy atom. The Morgan fingerprint density at radius 3 is 1.50 bits per heavy atom. The molecule has 0 aliphatic rings. The van der Waals surface area contributed by atoms with Crippen LogP contribution in [0.15, 0.2) is 0 Å². The second kappa shape index (κ2) is 21.3. The van der Waals surface area contributed by atoms with E-state index in [-0.39, 0.29) is 0 Å². The fourth-order valence-electron chi connectivity index (χ4n) is 3.63. The minimum atomic E-state index is 0.834. The highest BCUT2D eigenvalue weighted by atomic mass is 16.5. The third-order valence-electron chi connectivity index (χ3n) is 5.63. The van der Waals surface area contributed by atoms with Gasteiger partial charge in [-0.25, -0.2) is 0 Å². The molecule has 158 valence electrons. The molecule has 1 unspecified atom stereocenters. The van der Waals surface area contributed by atoms with Crippen molar-refractivity contribution in [2.24, 2.45) is 11.8 Å². The number of unbranched alkanes of at least 4 members (excludes halogenated alkanes) is 12. The van der Waals surface area contributed by atoms with Gasteiger partial charge in [-0.2, -0.15) is 0 Å². The SMILES string of the molecule is CCCCCCCCCCCCCCCOCCC(C)CCCC(C)C. The van der Waals surface area contributed by atoms with E-state index in [0.717, 1.165) is 25.0 Å². The molecule has 0 saturated carbocycles. The van der Waals surface area contributed by atoms with Crippen LogP contribution in [0, 0.1) is 11.8 Å². The summed E-state index contributed by atoms with van der Waals surface area (Å²) in [5.74, 6) is 1.69. The number of rotatable bonds is 21. The van der Waals surface area contributed by atoms with Crippen LogP contribution < -0.4 is 0 Å². The molecule has 0 bridgehead atoms. The molecule has 0 spiro atoms. The topological polar surface area (TPSA) is 9.23 Å². The lowest BCUT2D eigenvalue weighted by atomic mass is 9.98. The molecule has 0 radical (unpaired) electrons. The molecule has 0 aromatic carbocycles. The van der Waals surface area contributed by atoms with Gasteiger partial charge in [0.25, 0.3) is 0 Å². The molecule has 1 heteroatoms. The lowest BCUT2D eigenvalue weighted by Crippen LogP contribution is -2.04. The minimum Gasteiger partial charge on any atom is -0.381 e. The highest BCUT2D eigenvalue weighted by Crippen LogP contribution is 2.15. The average molecular weight is 369 g/mol. The molecule has 26 heavy (non-hydrogen) atoms. The Balaban J connectivity index is 3.09. The zero-order valence-corrected chi connectivity index (χ0v) is 19.0. The predicted octanol–water partition coefficient (Wildman–Crippen LogP) is 8.95. The van der Waals surface area contributed by atoms with E-state index >= 15 is 0 Å². The Morgan fingerprint density at radius 2 is 1.00 bits per heavy atom. The summed E-state index contributed by atoms with van der Waals surface area (Å²) >= 11 is 0. The van der Waals surface area contributed by atoms with E-state index in [4.69, 9.17) is 4.74 Å². The van der Waals surface area contributed by atoms with Crippen LogP contribution in [0.25, 0.3) is 0 Å². The second-order valence-corrected chi connectivity index (χ2v) is 9.07. The minimum absolute atomic E-state index is 0.834. The van der Waals surface area contributed by atoms with Crippen molar-refractivity contribution < 1.29 is 4.74 Å². The first-order valence-electron chi connectivity index (χ1n) is 12.2. The largest absolute Gasteiger partial charge is 0.381 e. The fourth-order valence-corrected chi connectivity index (χ4v) is 3.63. The first kappa shape index (κ1) is 26.0. The highest BCUT2D eigenvalue weighted by molar-refractivity contribution is 4.55. The summed E-state index contributed by atoms with van der Waals surface area (Å²) < 4.78 is 5.83. The summed E-state index contributed by atoms with van der Waals surface area (Å²) in [5, 5.41) is 0. The van der Waals surface area contributed by atoms with Crippen molar-refractivity contribution in [1.29, 1.82) is 0 Å². The zero-order chi connectivity index (χ0) is 19.3. The maximum absolute atomic E-state index is 5.83. The Kier molecular flexibility index (Phi) is 21.2. The van der Waals surface area contributed by atoms with Gasteiger partial charge in [-0.15, -0.1) is 0 Å². The van der Waals surface area contributed by atoms with Gasteiger partial charge >= 0.3 is 0 Å². The molecule has 0 aromatic rings. The Bertz CT molecular complexity index is 249. The molecular formula is C25H52O. The Hall–Kier alpha value is -0.0400. The van der Waals surface area contributed by atoms with Crippen LogP contribution in [-0.2, 0) is 4.74 Å². The normalized spacial score (nSPS) is 12.8. The summed E-state index contributed by atoms with van der Waals surface area (Å²) in [6, 6.07) is 0. The van der Waals surface area contributed by atoms with Gasteiger partial charge in [-0.1, -0.05) is 124 Å². The molecule has 0 saturated heterocycles. The van der Waals surface area contributed by atoms with E-state index in [2.05, 4.69) is 27.7 Å². The second-order valence-electron chi connectivity index (χ2n) is 9.07. The molecule has 0 N–H and O–H groups in total. The van der Waals surface area contributed by atoms with Crippen LogP contribution in [0.3, 0.4) is 0 Å². The van der Waals surface area contributed by atoms with Gasteiger partial charge in [0, 0.05) is 13.2 Å². The maximum Gasteiger partial charge on any atom is 0.0468 e. The van der Waals surface area contributed by atoms with E-state index in [1.54, 1.807) is 0 Å². The van der Waals surface area contributed by atoms with Gasteiger partial charge in [0.05, 0.1) is 0 Å². The molecule has 0 aliphatic heterocycles. The fraction of sp³-hybridized carbons (Fsp3) is 1.00. The van der Waals surface area contributed by atoms with E-state index in [1.165, 1.54) is 109 Å². The molecule has 0 fully saturated rings. The molecule has 0 aromatic heterocycles. The zero-order valence-electron chi connectivity index (χ0n) is 19.0. The van der Waals surface area contributed by atoms with E-state index in [1.807, 2.05) is 0 Å². The summed E-state index contributed by atoms with van der Waals surface area (Å²) in [5.41, 5.74) is 0. The van der Waals surface area contributed by atoms with E-state index in [9.17, 15) is 0 Å². The van der Waals surface area contributed by atoms with Crippen LogP contribution >= 0.6 is 0 Å². The van der Waals surface area contributed by atoms with Crippen LogP contribution in [0.4, 0.5) is 0 Å². The molecule has 0 aliphatic carbocycles. The smallest absolute Gasteiger partial charge is 0.0468 e. The monoisotopic (exact) mass is 368 g/mol. The standard InChI is InChI=1S/C25H52O/c1-5-6-7-8-9-10-11-12-13-14-15-16-17-22-26-23-21-25(4)20-18-19-24(2)3/h24-25H,5-23H2,1-4H3. The first-order valence-corrected chi connectivity index (χ1v) is 12.2. The lowest BCUT2D eigenvalue weighted by molar-refractivity contribution is 0.116. The summed E-state index contributed by atoms with van der Waals surface area (Å²) in [6.07, 6.45) is 23.9. The van der Waals surface area contributed by atoms with E-state index in [0.29, 0.717) is 0 Å². The quantitative estimate of drug-likeness (QED) is 0.184. The van der Waals surface area contributed by atoms with Crippen molar-refractivity contribution in [2.75, 3.05) is 13.2 Å². The van der Waals surface area contributed by atoms with Crippen molar-refractivity contribution in [2.45, 2.75) is 137 Å². The molecule has 0 heterocycles. The molecule has 0 rings (SSSR count). The van der Waals surface area contributed by atoms with Gasteiger partial charge < -0.3 is 4.74 Å². The highest BCUT2D eigenvalue weighted by Gasteiger charge is 2.03. The van der Waals surface area contributed by atoms with Crippen LogP contribution in [-0.4, -0.2) is 13.2 Å². The van der Waals surface area contributed by atoms with Crippen molar-refractivity contribution in [3.8, 4) is 0 Å². The summed E-state index contributed by atoms with van der Waals surface area (Å²) in [7, 11) is 0. The average Bonchev–Trinajstić information content (AvgIpc) is 2.61. The van der Waals surface area contributed by atoms with Crippen molar-refractivity contribution in [3.05, 3.63) is 0 Å². The van der Waals surface area contributed by atoms with Crippen LogP contribution in [0.1, 0.15) is 137 Å². The van der Waals surface area contributed by atoms with Gasteiger partial charge in [0.15, 0.2) is 0 Å². The third-order valence-corrected chi connectivity index (χ3v) is 5.63. The van der Waals surface area contributed by atoms with Gasteiger partial charge in [0.2, 0.25) is 0 Å². The van der Waals surface area contributed by atoms with Crippen molar-refractivity contribution in [1.82, 2.24) is 0 Å². The third kappa shape index (κ3) is 22.0. The number of ether oxygens (including phenoxy) is 1. The number of hydrogen-bond acceptors (Lipinski definition) is 1. The Labute approximate surface area is 167 Å². The van der Waals surface area contributed by atoms with Gasteiger partial charge in [-0.3, -0.25) is 0 Å². The first-order chi connectivity index (χ1) is 12.7. The molecule has 1 atom stereocenters. The molecular weight excluding hydrogens is 316 g/mol. The summed E-state index contributed by atoms with van der Waals surface area (Å²) in [4.78, 5) is 0. The van der Waals surface area contributed by atoms with Crippen LogP contribution in [0.5, 0.6) is 0 Å².